The summed E-state index contributed by atoms with van der Waals surface area (Å²) in [5.41, 5.74) is 0.751. The highest BCUT2D eigenvalue weighted by Crippen LogP contribution is 2.32. The van der Waals surface area contributed by atoms with Gasteiger partial charge in [-0.2, -0.15) is 5.10 Å². The fourth-order valence-corrected chi connectivity index (χ4v) is 1.12. The van der Waals surface area contributed by atoms with Crippen LogP contribution in [0.5, 0.6) is 0 Å². The lowest BCUT2D eigenvalue weighted by Crippen LogP contribution is -2.11. The van der Waals surface area contributed by atoms with E-state index >= 15 is 0 Å². The third kappa shape index (κ3) is 1.84. The van der Waals surface area contributed by atoms with Crippen LogP contribution in [0.2, 0.25) is 0 Å². The number of anilines is 1. The predicted molar refractivity (Wildman–Crippen MR) is 44.6 cm³/mol. The quantitative estimate of drug-likeness (QED) is 0.705. The molecule has 0 saturated heterocycles. The first-order chi connectivity index (χ1) is 5.84. The number of nitrogens with zero attached hydrogens (tertiary/aromatic N) is 1. The summed E-state index contributed by atoms with van der Waals surface area (Å²) in [7, 11) is 0. The van der Waals surface area contributed by atoms with Gasteiger partial charge in [0.25, 0.3) is 0 Å². The molecule has 1 aromatic heterocycles. The average molecular weight is 165 g/mol. The Morgan fingerprint density at radius 3 is 3.17 bits per heavy atom. The normalized spacial score (nSPS) is 16.0. The van der Waals surface area contributed by atoms with Crippen LogP contribution in [0.4, 0.5) is 5.69 Å². The molecule has 1 heterocycles. The molecular formula is C8H11N3O. The summed E-state index contributed by atoms with van der Waals surface area (Å²) in [4.78, 5) is 11.2. The SMILES string of the molecule is O=C(CC1CC1)Nc1cn[nH]c1. The van der Waals surface area contributed by atoms with E-state index in [0.717, 1.165) is 5.69 Å². The number of aromatic nitrogens is 2. The predicted octanol–water partition coefficient (Wildman–Crippen LogP) is 1.15. The molecule has 1 aromatic rings. The number of nitrogens with one attached hydrogen (secondary N) is 2. The first-order valence-corrected chi connectivity index (χ1v) is 4.13. The fourth-order valence-electron chi connectivity index (χ4n) is 1.12. The van der Waals surface area contributed by atoms with Crippen LogP contribution >= 0.6 is 0 Å². The standard InChI is InChI=1S/C8H11N3O/c12-8(3-6-1-2-6)11-7-4-9-10-5-7/h4-6H,1-3H2,(H,9,10)(H,11,12). The zero-order valence-corrected chi connectivity index (χ0v) is 6.71. The number of carbonyl (C=O) groups excluding carboxylic acids is 1. The Kier molecular flexibility index (Phi) is 1.81. The molecule has 0 aliphatic heterocycles. The van der Waals surface area contributed by atoms with Crippen molar-refractivity contribution in [2.75, 3.05) is 5.32 Å². The second-order valence-electron chi connectivity index (χ2n) is 3.18. The minimum atomic E-state index is 0.0962. The zero-order valence-electron chi connectivity index (χ0n) is 6.71. The van der Waals surface area contributed by atoms with Crippen molar-refractivity contribution < 1.29 is 4.79 Å². The molecule has 2 N–H and O–H groups in total. The van der Waals surface area contributed by atoms with Crippen LogP contribution in [-0.4, -0.2) is 16.1 Å². The van der Waals surface area contributed by atoms with Crippen LogP contribution < -0.4 is 5.32 Å². The van der Waals surface area contributed by atoms with Gasteiger partial charge in [-0.15, -0.1) is 0 Å². The summed E-state index contributed by atoms with van der Waals surface area (Å²) in [6, 6.07) is 0. The maximum absolute atomic E-state index is 11.2. The molecule has 0 spiro atoms. The molecule has 1 fully saturated rings. The maximum Gasteiger partial charge on any atom is 0.224 e. The molecule has 4 heteroatoms. The van der Waals surface area contributed by atoms with Gasteiger partial charge in [0, 0.05) is 12.6 Å². The molecule has 0 unspecified atom stereocenters. The van der Waals surface area contributed by atoms with E-state index in [-0.39, 0.29) is 5.91 Å². The Bertz CT molecular complexity index is 264. The summed E-state index contributed by atoms with van der Waals surface area (Å²) in [6.45, 7) is 0. The molecule has 0 radical (unpaired) electrons. The Morgan fingerprint density at radius 1 is 1.75 bits per heavy atom. The monoisotopic (exact) mass is 165 g/mol. The van der Waals surface area contributed by atoms with E-state index in [1.807, 2.05) is 0 Å². The zero-order chi connectivity index (χ0) is 8.39. The molecular weight excluding hydrogens is 154 g/mol. The largest absolute Gasteiger partial charge is 0.323 e. The molecule has 1 aliphatic rings. The molecule has 0 bridgehead atoms. The average Bonchev–Trinajstić information content (AvgIpc) is 2.66. The number of rotatable bonds is 3. The van der Waals surface area contributed by atoms with Gasteiger partial charge in [0.15, 0.2) is 0 Å². The van der Waals surface area contributed by atoms with E-state index in [0.29, 0.717) is 12.3 Å². The lowest BCUT2D eigenvalue weighted by Gasteiger charge is -1.99. The van der Waals surface area contributed by atoms with Crippen molar-refractivity contribution in [1.82, 2.24) is 10.2 Å². The minimum absolute atomic E-state index is 0.0962. The van der Waals surface area contributed by atoms with Gasteiger partial charge in [-0.25, -0.2) is 0 Å². The van der Waals surface area contributed by atoms with Gasteiger partial charge in [-0.3, -0.25) is 9.89 Å². The summed E-state index contributed by atoms with van der Waals surface area (Å²) in [6.07, 6.45) is 6.35. The van der Waals surface area contributed by atoms with E-state index in [4.69, 9.17) is 0 Å². The first-order valence-electron chi connectivity index (χ1n) is 4.13. The number of amides is 1. The molecule has 64 valence electrons. The summed E-state index contributed by atoms with van der Waals surface area (Å²) in [5.74, 6) is 0.732. The number of hydrogen-bond acceptors (Lipinski definition) is 2. The molecule has 1 amide bonds. The van der Waals surface area contributed by atoms with E-state index in [9.17, 15) is 4.79 Å². The van der Waals surface area contributed by atoms with Crippen LogP contribution in [0.25, 0.3) is 0 Å². The van der Waals surface area contributed by atoms with Crippen LogP contribution in [-0.2, 0) is 4.79 Å². The van der Waals surface area contributed by atoms with Crippen molar-refractivity contribution in [3.63, 3.8) is 0 Å². The van der Waals surface area contributed by atoms with Crippen molar-refractivity contribution >= 4 is 11.6 Å². The minimum Gasteiger partial charge on any atom is -0.323 e. The highest BCUT2D eigenvalue weighted by atomic mass is 16.1. The Balaban J connectivity index is 1.82. The Labute approximate surface area is 70.4 Å². The third-order valence-electron chi connectivity index (χ3n) is 1.95. The summed E-state index contributed by atoms with van der Waals surface area (Å²) >= 11 is 0. The summed E-state index contributed by atoms with van der Waals surface area (Å²) < 4.78 is 0. The first kappa shape index (κ1) is 7.34. The van der Waals surface area contributed by atoms with Crippen LogP contribution in [0.1, 0.15) is 19.3 Å². The van der Waals surface area contributed by atoms with Crippen molar-refractivity contribution in [1.29, 1.82) is 0 Å². The molecule has 4 nitrogen and oxygen atoms in total. The highest BCUT2D eigenvalue weighted by Gasteiger charge is 2.24. The third-order valence-corrected chi connectivity index (χ3v) is 1.95. The fraction of sp³-hybridized carbons (Fsp3) is 0.500. The topological polar surface area (TPSA) is 57.8 Å². The number of carbonyl (C=O) groups is 1. The molecule has 0 atom stereocenters. The van der Waals surface area contributed by atoms with Gasteiger partial charge >= 0.3 is 0 Å². The molecule has 2 rings (SSSR count). The van der Waals surface area contributed by atoms with Crippen molar-refractivity contribution in [2.45, 2.75) is 19.3 Å². The van der Waals surface area contributed by atoms with E-state index in [1.165, 1.54) is 12.8 Å². The lowest BCUT2D eigenvalue weighted by molar-refractivity contribution is -0.116. The number of hydrogen-bond donors (Lipinski definition) is 2. The van der Waals surface area contributed by atoms with Crippen molar-refractivity contribution in [2.24, 2.45) is 5.92 Å². The summed E-state index contributed by atoms with van der Waals surface area (Å²) in [5, 5.41) is 9.13. The van der Waals surface area contributed by atoms with Gasteiger partial charge in [0.2, 0.25) is 5.91 Å². The second-order valence-corrected chi connectivity index (χ2v) is 3.18. The van der Waals surface area contributed by atoms with Crippen LogP contribution in [0, 0.1) is 5.92 Å². The highest BCUT2D eigenvalue weighted by molar-refractivity contribution is 5.90. The van der Waals surface area contributed by atoms with Gasteiger partial charge in [0.1, 0.15) is 0 Å². The van der Waals surface area contributed by atoms with Gasteiger partial charge in [0.05, 0.1) is 11.9 Å². The van der Waals surface area contributed by atoms with Crippen molar-refractivity contribution in [3.05, 3.63) is 12.4 Å². The Morgan fingerprint density at radius 2 is 2.58 bits per heavy atom. The Hall–Kier alpha value is -1.32. The maximum atomic E-state index is 11.2. The van der Waals surface area contributed by atoms with Gasteiger partial charge in [-0.1, -0.05) is 0 Å². The molecule has 12 heavy (non-hydrogen) atoms. The molecule has 1 aliphatic carbocycles. The van der Waals surface area contributed by atoms with Gasteiger partial charge < -0.3 is 5.32 Å². The van der Waals surface area contributed by atoms with E-state index < -0.39 is 0 Å². The number of H-pyrrole nitrogens is 1. The van der Waals surface area contributed by atoms with Crippen molar-refractivity contribution in [3.8, 4) is 0 Å². The van der Waals surface area contributed by atoms with Gasteiger partial charge in [-0.05, 0) is 18.8 Å². The van der Waals surface area contributed by atoms with Crippen LogP contribution in [0.15, 0.2) is 12.4 Å². The molecule has 0 aromatic carbocycles. The van der Waals surface area contributed by atoms with E-state index in [1.54, 1.807) is 12.4 Å². The molecule has 1 saturated carbocycles. The van der Waals surface area contributed by atoms with Crippen LogP contribution in [0.3, 0.4) is 0 Å². The lowest BCUT2D eigenvalue weighted by atomic mass is 10.3. The smallest absolute Gasteiger partial charge is 0.224 e. The number of aromatic amines is 1. The van der Waals surface area contributed by atoms with E-state index in [2.05, 4.69) is 15.5 Å². The second kappa shape index (κ2) is 2.97.